The quantitative estimate of drug-likeness (QED) is 0.163. The van der Waals surface area contributed by atoms with Crippen molar-refractivity contribution >= 4 is 5.97 Å². The molecule has 0 saturated heterocycles. The summed E-state index contributed by atoms with van der Waals surface area (Å²) in [7, 11) is 0. The third-order valence-electron chi connectivity index (χ3n) is 5.69. The molecule has 0 aromatic heterocycles. The first-order chi connectivity index (χ1) is 13.5. The van der Waals surface area contributed by atoms with E-state index in [0.29, 0.717) is 12.0 Å². The Hall–Kier alpha value is -0.830. The van der Waals surface area contributed by atoms with Gasteiger partial charge in [0.25, 0.3) is 0 Å². The largest absolute Gasteiger partial charge is 0.478 e. The van der Waals surface area contributed by atoms with Gasteiger partial charge in [0.1, 0.15) is 0 Å². The molecule has 0 bridgehead atoms. The molecule has 0 aromatic rings. The molecule has 0 aliphatic rings. The number of carboxylic acids is 1. The van der Waals surface area contributed by atoms with Gasteiger partial charge in [-0.15, -0.1) is 0 Å². The van der Waals surface area contributed by atoms with Gasteiger partial charge >= 0.3 is 5.97 Å². The number of allylic oxidation sites excluding steroid dienone is 1. The minimum atomic E-state index is -0.897. The van der Waals surface area contributed by atoms with Crippen molar-refractivity contribution in [3.8, 4) is 0 Å². The number of aliphatic hydroxyl groups is 1. The van der Waals surface area contributed by atoms with Crippen LogP contribution in [0.3, 0.4) is 0 Å². The molecule has 0 radical (unpaired) electrons. The Morgan fingerprint density at radius 3 is 1.36 bits per heavy atom. The van der Waals surface area contributed by atoms with E-state index in [-0.39, 0.29) is 6.42 Å². The zero-order valence-corrected chi connectivity index (χ0v) is 19.1. The van der Waals surface area contributed by atoms with E-state index < -0.39 is 12.1 Å². The summed E-state index contributed by atoms with van der Waals surface area (Å²) in [6.07, 6.45) is 21.9. The third kappa shape index (κ3) is 17.3. The second kappa shape index (κ2) is 19.5. The molecule has 0 aliphatic carbocycles. The summed E-state index contributed by atoms with van der Waals surface area (Å²) >= 11 is 0. The van der Waals surface area contributed by atoms with E-state index in [9.17, 15) is 9.90 Å². The Balaban J connectivity index is 3.36. The van der Waals surface area contributed by atoms with E-state index in [2.05, 4.69) is 6.92 Å². The van der Waals surface area contributed by atoms with Crippen LogP contribution in [0.15, 0.2) is 11.1 Å². The minimum Gasteiger partial charge on any atom is -0.478 e. The van der Waals surface area contributed by atoms with Crippen molar-refractivity contribution in [1.29, 1.82) is 0 Å². The summed E-state index contributed by atoms with van der Waals surface area (Å²) in [4.78, 5) is 11.1. The Morgan fingerprint density at radius 1 is 0.679 bits per heavy atom. The van der Waals surface area contributed by atoms with Crippen LogP contribution in [0.2, 0.25) is 0 Å². The van der Waals surface area contributed by atoms with Crippen molar-refractivity contribution in [3.05, 3.63) is 11.1 Å². The Morgan fingerprint density at radius 2 is 1.04 bits per heavy atom. The third-order valence-corrected chi connectivity index (χ3v) is 5.69. The monoisotopic (exact) mass is 396 g/mol. The van der Waals surface area contributed by atoms with Gasteiger partial charge in [0, 0.05) is 12.0 Å². The smallest absolute Gasteiger partial charge is 0.331 e. The summed E-state index contributed by atoms with van der Waals surface area (Å²) in [6.45, 7) is 5.87. The molecule has 3 heteroatoms. The second-order valence-electron chi connectivity index (χ2n) is 8.73. The van der Waals surface area contributed by atoms with E-state index in [4.69, 9.17) is 5.11 Å². The molecule has 0 aliphatic heterocycles. The first-order valence-electron chi connectivity index (χ1n) is 12.1. The number of hydrogen-bond donors (Lipinski definition) is 2. The lowest BCUT2D eigenvalue weighted by molar-refractivity contribution is -0.133. The van der Waals surface area contributed by atoms with E-state index in [1.807, 2.05) is 0 Å². The molecule has 0 fully saturated rings. The Bertz CT molecular complexity index is 397. The van der Waals surface area contributed by atoms with E-state index >= 15 is 0 Å². The van der Waals surface area contributed by atoms with Crippen molar-refractivity contribution in [2.45, 2.75) is 142 Å². The van der Waals surface area contributed by atoms with E-state index in [1.165, 1.54) is 89.9 Å². The average Bonchev–Trinajstić information content (AvgIpc) is 2.65. The molecular formula is C25H48O3. The van der Waals surface area contributed by atoms with Crippen molar-refractivity contribution < 1.29 is 15.0 Å². The van der Waals surface area contributed by atoms with Crippen LogP contribution in [-0.4, -0.2) is 22.3 Å². The lowest BCUT2D eigenvalue weighted by Gasteiger charge is -2.12. The highest BCUT2D eigenvalue weighted by atomic mass is 16.4. The maximum Gasteiger partial charge on any atom is 0.331 e. The molecule has 3 nitrogen and oxygen atoms in total. The zero-order valence-electron chi connectivity index (χ0n) is 19.1. The average molecular weight is 397 g/mol. The minimum absolute atomic E-state index is 0.274. The SMILES string of the molecule is CCCCCCCCCCCCCCCCCCC(O)CC(C(=O)O)=C(C)C. The number of carbonyl (C=O) groups is 1. The van der Waals surface area contributed by atoms with Crippen LogP contribution in [0.5, 0.6) is 0 Å². The molecule has 28 heavy (non-hydrogen) atoms. The van der Waals surface area contributed by atoms with Crippen molar-refractivity contribution in [3.63, 3.8) is 0 Å². The summed E-state index contributed by atoms with van der Waals surface area (Å²) in [6, 6.07) is 0. The summed E-state index contributed by atoms with van der Waals surface area (Å²) in [5, 5.41) is 19.2. The summed E-state index contributed by atoms with van der Waals surface area (Å²) in [5.74, 6) is -0.897. The van der Waals surface area contributed by atoms with Gasteiger partial charge in [-0.3, -0.25) is 0 Å². The van der Waals surface area contributed by atoms with Crippen LogP contribution < -0.4 is 0 Å². The maximum absolute atomic E-state index is 11.1. The molecular weight excluding hydrogens is 348 g/mol. The lowest BCUT2D eigenvalue weighted by Crippen LogP contribution is -2.13. The fraction of sp³-hybridized carbons (Fsp3) is 0.880. The summed E-state index contributed by atoms with van der Waals surface area (Å²) in [5.41, 5.74) is 1.16. The van der Waals surface area contributed by atoms with Gasteiger partial charge in [-0.1, -0.05) is 115 Å². The fourth-order valence-electron chi connectivity index (χ4n) is 3.77. The van der Waals surface area contributed by atoms with Crippen LogP contribution >= 0.6 is 0 Å². The molecule has 0 amide bonds. The second-order valence-corrected chi connectivity index (χ2v) is 8.73. The van der Waals surface area contributed by atoms with Crippen LogP contribution in [0.25, 0.3) is 0 Å². The number of rotatable bonds is 20. The number of aliphatic hydroxyl groups excluding tert-OH is 1. The van der Waals surface area contributed by atoms with Crippen LogP contribution in [0, 0.1) is 0 Å². The molecule has 1 unspecified atom stereocenters. The van der Waals surface area contributed by atoms with E-state index in [0.717, 1.165) is 18.4 Å². The first-order valence-corrected chi connectivity index (χ1v) is 12.1. The fourth-order valence-corrected chi connectivity index (χ4v) is 3.77. The van der Waals surface area contributed by atoms with Gasteiger partial charge < -0.3 is 10.2 Å². The van der Waals surface area contributed by atoms with E-state index in [1.54, 1.807) is 13.8 Å². The van der Waals surface area contributed by atoms with Crippen molar-refractivity contribution in [1.82, 2.24) is 0 Å². The highest BCUT2D eigenvalue weighted by Crippen LogP contribution is 2.17. The normalized spacial score (nSPS) is 12.1. The van der Waals surface area contributed by atoms with Gasteiger partial charge in [0.05, 0.1) is 6.10 Å². The molecule has 0 saturated carbocycles. The molecule has 0 rings (SSSR count). The summed E-state index contributed by atoms with van der Waals surface area (Å²) < 4.78 is 0. The van der Waals surface area contributed by atoms with Crippen molar-refractivity contribution in [2.75, 3.05) is 0 Å². The predicted octanol–water partition coefficient (Wildman–Crippen LogP) is 7.81. The number of hydrogen-bond acceptors (Lipinski definition) is 2. The van der Waals surface area contributed by atoms with Crippen LogP contribution in [-0.2, 0) is 4.79 Å². The molecule has 166 valence electrons. The van der Waals surface area contributed by atoms with Gasteiger partial charge in [-0.05, 0) is 20.3 Å². The first kappa shape index (κ1) is 27.2. The van der Waals surface area contributed by atoms with Crippen molar-refractivity contribution in [2.24, 2.45) is 0 Å². The Labute approximate surface area is 175 Å². The molecule has 0 aromatic carbocycles. The van der Waals surface area contributed by atoms with Crippen LogP contribution in [0.4, 0.5) is 0 Å². The number of carboxylic acid groups (broad SMARTS) is 1. The molecule has 2 N–H and O–H groups in total. The highest BCUT2D eigenvalue weighted by molar-refractivity contribution is 5.87. The van der Waals surface area contributed by atoms with Gasteiger partial charge in [0.2, 0.25) is 0 Å². The molecule has 0 spiro atoms. The number of aliphatic carboxylic acids is 1. The number of unbranched alkanes of at least 4 members (excludes halogenated alkanes) is 15. The maximum atomic E-state index is 11.1. The Kier molecular flexibility index (Phi) is 18.9. The topological polar surface area (TPSA) is 57.5 Å². The molecule has 1 atom stereocenters. The van der Waals surface area contributed by atoms with Gasteiger partial charge in [-0.2, -0.15) is 0 Å². The predicted molar refractivity (Wildman–Crippen MR) is 121 cm³/mol. The zero-order chi connectivity index (χ0) is 21.0. The lowest BCUT2D eigenvalue weighted by atomic mass is 9.99. The standard InChI is InChI=1S/C25H48O3/c1-4-5-6-7-8-9-10-11-12-13-14-15-16-17-18-19-20-23(26)21-24(22(2)3)25(27)28/h23,26H,4-21H2,1-3H3,(H,27,28). The molecule has 0 heterocycles. The highest BCUT2D eigenvalue weighted by Gasteiger charge is 2.14. The van der Waals surface area contributed by atoms with Crippen LogP contribution in [0.1, 0.15) is 136 Å². The van der Waals surface area contributed by atoms with Gasteiger partial charge in [0.15, 0.2) is 0 Å². The van der Waals surface area contributed by atoms with Gasteiger partial charge in [-0.25, -0.2) is 4.79 Å².